The molecule has 0 amide bonds. The van der Waals surface area contributed by atoms with Gasteiger partial charge in [0.25, 0.3) is 0 Å². The first-order valence-corrected chi connectivity index (χ1v) is 13.9. The number of carbonyl (C=O) groups is 3. The molecule has 1 saturated carbocycles. The van der Waals surface area contributed by atoms with Gasteiger partial charge in [-0.1, -0.05) is 39.3 Å². The first-order chi connectivity index (χ1) is 16.5. The zero-order valence-electron chi connectivity index (χ0n) is 21.1. The minimum absolute atomic E-state index is 0.0608. The summed E-state index contributed by atoms with van der Waals surface area (Å²) >= 11 is 0. The summed E-state index contributed by atoms with van der Waals surface area (Å²) in [6.45, 7) is 7.70. The normalized spacial score (nSPS) is 24.2. The molecule has 0 spiro atoms. The number of ketones is 1. The molecule has 1 aliphatic carbocycles. The fourth-order valence-electron chi connectivity index (χ4n) is 5.06. The highest BCUT2D eigenvalue weighted by atomic mass is 32.2. The van der Waals surface area contributed by atoms with Crippen LogP contribution < -0.4 is 0 Å². The molecule has 0 aromatic heterocycles. The van der Waals surface area contributed by atoms with Gasteiger partial charge >= 0.3 is 11.9 Å². The fraction of sp³-hybridized carbons (Fsp3) is 0.654. The minimum Gasteiger partial charge on any atom is -0.460 e. The van der Waals surface area contributed by atoms with Gasteiger partial charge in [0.1, 0.15) is 6.10 Å². The number of benzene rings is 1. The van der Waals surface area contributed by atoms with E-state index in [4.69, 9.17) is 9.47 Å². The topological polar surface area (TPSA) is 107 Å². The zero-order valence-corrected chi connectivity index (χ0v) is 21.9. The number of hydrogen-bond donors (Lipinski definition) is 0. The maximum absolute atomic E-state index is 13.0. The molecular weight excluding hydrogens is 470 g/mol. The summed E-state index contributed by atoms with van der Waals surface area (Å²) in [7, 11) is -3.77. The number of carbonyl (C=O) groups excluding carboxylic acids is 3. The van der Waals surface area contributed by atoms with E-state index < -0.39 is 34.5 Å². The molecule has 194 valence electrons. The summed E-state index contributed by atoms with van der Waals surface area (Å²) in [5, 5.41) is 0. The fourth-order valence-corrected chi connectivity index (χ4v) is 6.57. The maximum Gasteiger partial charge on any atom is 0.344 e. The smallest absolute Gasteiger partial charge is 0.344 e. The predicted octanol–water partition coefficient (Wildman–Crippen LogP) is 3.84. The monoisotopic (exact) mass is 507 g/mol. The molecule has 9 heteroatoms. The Morgan fingerprint density at radius 3 is 2.40 bits per heavy atom. The molecule has 3 atom stereocenters. The second kappa shape index (κ2) is 11.6. The molecule has 2 aliphatic rings. The lowest BCUT2D eigenvalue weighted by Gasteiger charge is -2.36. The van der Waals surface area contributed by atoms with Crippen molar-refractivity contribution < 1.29 is 32.3 Å². The van der Waals surface area contributed by atoms with Crippen molar-refractivity contribution in [2.45, 2.75) is 70.8 Å². The Morgan fingerprint density at radius 2 is 1.77 bits per heavy atom. The minimum atomic E-state index is -3.77. The molecule has 3 rings (SSSR count). The highest BCUT2D eigenvalue weighted by Gasteiger charge is 2.35. The van der Waals surface area contributed by atoms with Crippen LogP contribution in [0.25, 0.3) is 0 Å². The third kappa shape index (κ3) is 6.91. The van der Waals surface area contributed by atoms with E-state index in [1.807, 2.05) is 0 Å². The van der Waals surface area contributed by atoms with Gasteiger partial charge in [0, 0.05) is 18.7 Å². The number of sulfonamides is 1. The standard InChI is InChI=1S/C26H37NO7S/c1-17(2)23-9-8-18(3)14-24(23)34-25(29)16-33-26(30)20-10-12-27(13-11-20)35(31,32)22-7-5-6-21(15-22)19(4)28/h5-7,15,17-18,20,23-24H,8-14,16H2,1-4H3/t18-,23+,24-/m1/s1. The van der Waals surface area contributed by atoms with Crippen molar-refractivity contribution in [2.75, 3.05) is 19.7 Å². The van der Waals surface area contributed by atoms with Crippen molar-refractivity contribution >= 4 is 27.7 Å². The molecule has 0 N–H and O–H groups in total. The van der Waals surface area contributed by atoms with Gasteiger partial charge in [0.05, 0.1) is 10.8 Å². The Labute approximate surface area is 208 Å². The van der Waals surface area contributed by atoms with E-state index in [2.05, 4.69) is 20.8 Å². The van der Waals surface area contributed by atoms with Gasteiger partial charge in [-0.25, -0.2) is 13.2 Å². The number of ether oxygens (including phenoxy) is 2. The van der Waals surface area contributed by atoms with Crippen LogP contribution in [0.2, 0.25) is 0 Å². The average molecular weight is 508 g/mol. The molecule has 0 radical (unpaired) electrons. The summed E-state index contributed by atoms with van der Waals surface area (Å²) in [5.41, 5.74) is 0.332. The van der Waals surface area contributed by atoms with E-state index in [1.54, 1.807) is 12.1 Å². The molecule has 0 unspecified atom stereocenters. The summed E-state index contributed by atoms with van der Waals surface area (Å²) < 4.78 is 38.2. The van der Waals surface area contributed by atoms with E-state index in [9.17, 15) is 22.8 Å². The van der Waals surface area contributed by atoms with Crippen molar-refractivity contribution in [3.8, 4) is 0 Å². The summed E-state index contributed by atoms with van der Waals surface area (Å²) in [6, 6.07) is 5.96. The van der Waals surface area contributed by atoms with Crippen molar-refractivity contribution in [2.24, 2.45) is 23.7 Å². The van der Waals surface area contributed by atoms with Crippen molar-refractivity contribution in [3.63, 3.8) is 0 Å². The van der Waals surface area contributed by atoms with Crippen molar-refractivity contribution in [1.82, 2.24) is 4.31 Å². The predicted molar refractivity (Wildman–Crippen MR) is 130 cm³/mol. The van der Waals surface area contributed by atoms with Gasteiger partial charge in [-0.15, -0.1) is 0 Å². The zero-order chi connectivity index (χ0) is 25.8. The third-order valence-corrected chi connectivity index (χ3v) is 9.14. The van der Waals surface area contributed by atoms with Gasteiger partial charge < -0.3 is 9.47 Å². The van der Waals surface area contributed by atoms with Crippen LogP contribution in [0.5, 0.6) is 0 Å². The largest absolute Gasteiger partial charge is 0.460 e. The Hall–Kier alpha value is -2.26. The number of Topliss-reactive ketones (excluding diaryl/α,β-unsaturated/α-hetero) is 1. The molecule has 1 saturated heterocycles. The van der Waals surface area contributed by atoms with E-state index in [0.29, 0.717) is 36.2 Å². The Kier molecular flexibility index (Phi) is 9.10. The van der Waals surface area contributed by atoms with Crippen LogP contribution in [0.3, 0.4) is 0 Å². The summed E-state index contributed by atoms with van der Waals surface area (Å²) in [6.07, 6.45) is 3.43. The van der Waals surface area contributed by atoms with Crippen LogP contribution >= 0.6 is 0 Å². The lowest BCUT2D eigenvalue weighted by molar-refractivity contribution is -0.169. The number of esters is 2. The Morgan fingerprint density at radius 1 is 1.09 bits per heavy atom. The Bertz CT molecular complexity index is 1030. The Balaban J connectivity index is 1.49. The van der Waals surface area contributed by atoms with Crippen LogP contribution in [0.4, 0.5) is 0 Å². The van der Waals surface area contributed by atoms with Crippen molar-refractivity contribution in [1.29, 1.82) is 0 Å². The quantitative estimate of drug-likeness (QED) is 0.389. The van der Waals surface area contributed by atoms with Crippen LogP contribution in [-0.4, -0.2) is 56.2 Å². The van der Waals surface area contributed by atoms with Gasteiger partial charge in [0.15, 0.2) is 12.4 Å². The van der Waals surface area contributed by atoms with Gasteiger partial charge in [0.2, 0.25) is 10.0 Å². The number of hydrogen-bond acceptors (Lipinski definition) is 7. The highest BCUT2D eigenvalue weighted by molar-refractivity contribution is 7.89. The second-order valence-electron chi connectivity index (χ2n) is 10.2. The van der Waals surface area contributed by atoms with E-state index >= 15 is 0 Å². The van der Waals surface area contributed by atoms with Gasteiger partial charge in [-0.2, -0.15) is 4.31 Å². The first-order valence-electron chi connectivity index (χ1n) is 12.5. The van der Waals surface area contributed by atoms with E-state index in [1.165, 1.54) is 23.4 Å². The molecule has 1 aliphatic heterocycles. The van der Waals surface area contributed by atoms with E-state index in [-0.39, 0.29) is 29.9 Å². The molecule has 1 aromatic rings. The molecule has 0 bridgehead atoms. The van der Waals surface area contributed by atoms with Crippen LogP contribution in [0.15, 0.2) is 29.2 Å². The van der Waals surface area contributed by atoms with Crippen LogP contribution in [0, 0.1) is 23.7 Å². The summed E-state index contributed by atoms with van der Waals surface area (Å²) in [4.78, 5) is 36.6. The van der Waals surface area contributed by atoms with Crippen LogP contribution in [0.1, 0.15) is 70.2 Å². The van der Waals surface area contributed by atoms with Gasteiger partial charge in [-0.3, -0.25) is 9.59 Å². The molecule has 2 fully saturated rings. The number of piperidine rings is 1. The third-order valence-electron chi connectivity index (χ3n) is 7.24. The lowest BCUT2D eigenvalue weighted by Crippen LogP contribution is -2.41. The van der Waals surface area contributed by atoms with Gasteiger partial charge in [-0.05, 0) is 62.5 Å². The second-order valence-corrected chi connectivity index (χ2v) is 12.2. The maximum atomic E-state index is 13.0. The van der Waals surface area contributed by atoms with Crippen molar-refractivity contribution in [3.05, 3.63) is 29.8 Å². The average Bonchev–Trinajstić information content (AvgIpc) is 2.82. The molecule has 1 heterocycles. The molecule has 1 aromatic carbocycles. The number of nitrogens with zero attached hydrogens (tertiary/aromatic N) is 1. The molecule has 8 nitrogen and oxygen atoms in total. The van der Waals surface area contributed by atoms with Crippen LogP contribution in [-0.2, 0) is 29.1 Å². The van der Waals surface area contributed by atoms with E-state index in [0.717, 1.165) is 19.3 Å². The number of rotatable bonds is 8. The molecular formula is C26H37NO7S. The lowest BCUT2D eigenvalue weighted by atomic mass is 9.75. The first kappa shape index (κ1) is 27.3. The summed E-state index contributed by atoms with van der Waals surface area (Å²) in [5.74, 6) is -0.501. The molecule has 35 heavy (non-hydrogen) atoms. The highest BCUT2D eigenvalue weighted by Crippen LogP contribution is 2.35. The SMILES string of the molecule is CC(=O)c1cccc(S(=O)(=O)N2CCC(C(=O)OCC(=O)O[C@@H]3C[C@H](C)CC[C@H]3C(C)C)CC2)c1.